The van der Waals surface area contributed by atoms with Gasteiger partial charge < -0.3 is 15.5 Å². The van der Waals surface area contributed by atoms with Crippen LogP contribution < -0.4 is 10.6 Å². The van der Waals surface area contributed by atoms with E-state index < -0.39 is 0 Å². The maximum atomic E-state index is 12.8. The van der Waals surface area contributed by atoms with Gasteiger partial charge in [0.15, 0.2) is 0 Å². The lowest BCUT2D eigenvalue weighted by Crippen LogP contribution is -2.29. The number of likely N-dealkylation sites (tertiary alicyclic amines) is 1. The lowest BCUT2D eigenvalue weighted by atomic mass is 10.1. The molecular weight excluding hydrogens is 340 g/mol. The summed E-state index contributed by atoms with van der Waals surface area (Å²) in [7, 11) is 0. The van der Waals surface area contributed by atoms with Crippen molar-refractivity contribution >= 4 is 23.2 Å². The molecule has 0 atom stereocenters. The average molecular weight is 362 g/mol. The highest BCUT2D eigenvalue weighted by Crippen LogP contribution is 2.23. The molecule has 27 heavy (non-hydrogen) atoms. The van der Waals surface area contributed by atoms with Crippen molar-refractivity contribution in [1.82, 2.24) is 4.90 Å². The molecule has 0 saturated carbocycles. The first-order valence-electron chi connectivity index (χ1n) is 9.01. The zero-order valence-corrected chi connectivity index (χ0v) is 15.3. The van der Waals surface area contributed by atoms with Gasteiger partial charge in [-0.1, -0.05) is 18.2 Å². The third-order valence-electron chi connectivity index (χ3n) is 4.60. The fourth-order valence-corrected chi connectivity index (χ4v) is 3.21. The van der Waals surface area contributed by atoms with Crippen LogP contribution in [0.15, 0.2) is 42.5 Å². The van der Waals surface area contributed by atoms with Crippen LogP contribution in [0, 0.1) is 18.3 Å². The third kappa shape index (κ3) is 4.45. The molecule has 6 heteroatoms. The number of rotatable bonds is 5. The van der Waals surface area contributed by atoms with Crippen LogP contribution in [-0.4, -0.2) is 36.3 Å². The number of para-hydroxylation sites is 1. The predicted octanol–water partition coefficient (Wildman–Crippen LogP) is 3.15. The molecule has 138 valence electrons. The fourth-order valence-electron chi connectivity index (χ4n) is 3.21. The van der Waals surface area contributed by atoms with Crippen LogP contribution in [0.2, 0.25) is 0 Å². The van der Waals surface area contributed by atoms with Crippen molar-refractivity contribution < 1.29 is 9.59 Å². The van der Waals surface area contributed by atoms with Gasteiger partial charge in [-0.05, 0) is 49.6 Å². The van der Waals surface area contributed by atoms with Gasteiger partial charge in [-0.3, -0.25) is 9.59 Å². The highest BCUT2D eigenvalue weighted by atomic mass is 16.2. The maximum Gasteiger partial charge on any atom is 0.255 e. The van der Waals surface area contributed by atoms with Crippen molar-refractivity contribution in [3.63, 3.8) is 0 Å². The van der Waals surface area contributed by atoms with Gasteiger partial charge in [-0.2, -0.15) is 5.26 Å². The van der Waals surface area contributed by atoms with E-state index in [1.54, 1.807) is 30.3 Å². The summed E-state index contributed by atoms with van der Waals surface area (Å²) < 4.78 is 0. The minimum absolute atomic E-state index is 0.000768. The number of benzene rings is 2. The monoisotopic (exact) mass is 362 g/mol. The van der Waals surface area contributed by atoms with Crippen LogP contribution in [0.5, 0.6) is 0 Å². The molecule has 1 aliphatic rings. The second-order valence-corrected chi connectivity index (χ2v) is 6.59. The Labute approximate surface area is 158 Å². The van der Waals surface area contributed by atoms with Crippen LogP contribution in [0.3, 0.4) is 0 Å². The van der Waals surface area contributed by atoms with Crippen LogP contribution in [0.25, 0.3) is 0 Å². The first-order valence-corrected chi connectivity index (χ1v) is 9.01. The Balaban J connectivity index is 1.69. The highest BCUT2D eigenvalue weighted by molar-refractivity contribution is 6.01. The summed E-state index contributed by atoms with van der Waals surface area (Å²) in [4.78, 5) is 26.9. The Kier molecular flexibility index (Phi) is 5.72. The number of hydrogen-bond donors (Lipinski definition) is 2. The van der Waals surface area contributed by atoms with Gasteiger partial charge in [0, 0.05) is 18.8 Å². The summed E-state index contributed by atoms with van der Waals surface area (Å²) in [6, 6.07) is 14.4. The van der Waals surface area contributed by atoms with Crippen LogP contribution >= 0.6 is 0 Å². The number of carbonyl (C=O) groups is 2. The first-order chi connectivity index (χ1) is 13.1. The van der Waals surface area contributed by atoms with Gasteiger partial charge in [-0.15, -0.1) is 0 Å². The molecule has 0 aromatic heterocycles. The Hall–Kier alpha value is -3.33. The molecule has 0 spiro atoms. The fraction of sp³-hybridized carbons (Fsp3) is 0.286. The number of nitrogens with one attached hydrogen (secondary N) is 2. The molecule has 2 aromatic rings. The van der Waals surface area contributed by atoms with Gasteiger partial charge in [0.2, 0.25) is 5.91 Å². The normalized spacial score (nSPS) is 13.1. The molecule has 1 fully saturated rings. The summed E-state index contributed by atoms with van der Waals surface area (Å²) in [6.07, 6.45) is 2.06. The van der Waals surface area contributed by atoms with Gasteiger partial charge in [-0.25, -0.2) is 0 Å². The Morgan fingerprint density at radius 2 is 1.89 bits per heavy atom. The van der Waals surface area contributed by atoms with Crippen molar-refractivity contribution in [1.29, 1.82) is 5.26 Å². The quantitative estimate of drug-likeness (QED) is 0.856. The molecule has 2 aromatic carbocycles. The SMILES string of the molecule is Cc1cccc(C(=O)N2CCCC2)c1NCC(=O)Nc1cccc(C#N)c1. The summed E-state index contributed by atoms with van der Waals surface area (Å²) in [5.41, 5.74) is 3.25. The second kappa shape index (κ2) is 8.37. The van der Waals surface area contributed by atoms with E-state index >= 15 is 0 Å². The van der Waals surface area contributed by atoms with Gasteiger partial charge >= 0.3 is 0 Å². The van der Waals surface area contributed by atoms with Crippen LogP contribution in [-0.2, 0) is 4.79 Å². The molecule has 2 N–H and O–H groups in total. The molecule has 0 bridgehead atoms. The Bertz CT molecular complexity index is 895. The van der Waals surface area contributed by atoms with Crippen molar-refractivity contribution in [2.45, 2.75) is 19.8 Å². The van der Waals surface area contributed by atoms with Gasteiger partial charge in [0.05, 0.1) is 29.4 Å². The average Bonchev–Trinajstić information content (AvgIpc) is 3.21. The summed E-state index contributed by atoms with van der Waals surface area (Å²) in [5, 5.41) is 14.8. The molecule has 3 rings (SSSR count). The number of nitrogens with zero attached hydrogens (tertiary/aromatic N) is 2. The van der Waals surface area contributed by atoms with Crippen molar-refractivity contribution in [2.75, 3.05) is 30.3 Å². The molecule has 1 saturated heterocycles. The van der Waals surface area contributed by atoms with E-state index in [0.29, 0.717) is 22.5 Å². The van der Waals surface area contributed by atoms with E-state index in [1.807, 2.05) is 30.0 Å². The van der Waals surface area contributed by atoms with Crippen LogP contribution in [0.4, 0.5) is 11.4 Å². The third-order valence-corrected chi connectivity index (χ3v) is 4.60. The minimum atomic E-state index is -0.243. The number of anilines is 2. The van der Waals surface area contributed by atoms with E-state index in [0.717, 1.165) is 31.5 Å². The van der Waals surface area contributed by atoms with E-state index in [-0.39, 0.29) is 18.4 Å². The molecule has 1 heterocycles. The molecule has 0 unspecified atom stereocenters. The van der Waals surface area contributed by atoms with Gasteiger partial charge in [0.25, 0.3) is 5.91 Å². The Morgan fingerprint density at radius 3 is 2.63 bits per heavy atom. The van der Waals surface area contributed by atoms with E-state index in [2.05, 4.69) is 10.6 Å². The van der Waals surface area contributed by atoms with E-state index in [1.165, 1.54) is 0 Å². The topological polar surface area (TPSA) is 85.2 Å². The van der Waals surface area contributed by atoms with E-state index in [4.69, 9.17) is 5.26 Å². The standard InChI is InChI=1S/C21H22N4O2/c1-15-6-4-9-18(21(27)25-10-2-3-11-25)20(15)23-14-19(26)24-17-8-5-7-16(12-17)13-22/h4-9,12,23H,2-3,10-11,14H2,1H3,(H,24,26). The van der Waals surface area contributed by atoms with Crippen molar-refractivity contribution in [3.8, 4) is 6.07 Å². The first kappa shape index (κ1) is 18.5. The number of carbonyl (C=O) groups excluding carboxylic acids is 2. The van der Waals surface area contributed by atoms with Crippen molar-refractivity contribution in [2.24, 2.45) is 0 Å². The maximum absolute atomic E-state index is 12.8. The number of nitriles is 1. The van der Waals surface area contributed by atoms with Crippen molar-refractivity contribution in [3.05, 3.63) is 59.2 Å². The predicted molar refractivity (Wildman–Crippen MR) is 105 cm³/mol. The number of hydrogen-bond acceptors (Lipinski definition) is 4. The summed E-state index contributed by atoms with van der Waals surface area (Å²) in [5.74, 6) is -0.242. The highest BCUT2D eigenvalue weighted by Gasteiger charge is 2.22. The Morgan fingerprint density at radius 1 is 1.15 bits per heavy atom. The van der Waals surface area contributed by atoms with Gasteiger partial charge in [0.1, 0.15) is 0 Å². The zero-order chi connectivity index (χ0) is 19.2. The number of amides is 2. The molecule has 0 radical (unpaired) electrons. The molecule has 0 aliphatic carbocycles. The number of aryl methyl sites for hydroxylation is 1. The van der Waals surface area contributed by atoms with Crippen LogP contribution in [0.1, 0.15) is 34.3 Å². The van der Waals surface area contributed by atoms with E-state index in [9.17, 15) is 9.59 Å². The molecular formula is C21H22N4O2. The molecule has 1 aliphatic heterocycles. The largest absolute Gasteiger partial charge is 0.375 e. The smallest absolute Gasteiger partial charge is 0.255 e. The zero-order valence-electron chi connectivity index (χ0n) is 15.3. The molecule has 6 nitrogen and oxygen atoms in total. The molecule has 2 amide bonds. The summed E-state index contributed by atoms with van der Waals surface area (Å²) >= 11 is 0. The minimum Gasteiger partial charge on any atom is -0.375 e. The summed E-state index contributed by atoms with van der Waals surface area (Å²) in [6.45, 7) is 3.50. The lowest BCUT2D eigenvalue weighted by molar-refractivity contribution is -0.114. The second-order valence-electron chi connectivity index (χ2n) is 6.59. The lowest BCUT2D eigenvalue weighted by Gasteiger charge is -2.19.